The molecule has 1 amide bonds. The van der Waals surface area contributed by atoms with Crippen LogP contribution in [0.1, 0.15) is 47.2 Å². The maximum absolute atomic E-state index is 12.9. The van der Waals surface area contributed by atoms with Gasteiger partial charge in [-0.05, 0) is 66.8 Å². The summed E-state index contributed by atoms with van der Waals surface area (Å²) in [5.74, 6) is 1.52. The Hall–Kier alpha value is -4.51. The van der Waals surface area contributed by atoms with Crippen molar-refractivity contribution in [2.24, 2.45) is 0 Å². The van der Waals surface area contributed by atoms with Gasteiger partial charge in [-0.25, -0.2) is 10.9 Å². The molecule has 1 aliphatic heterocycles. The van der Waals surface area contributed by atoms with E-state index in [1.807, 2.05) is 30.3 Å². The van der Waals surface area contributed by atoms with Crippen LogP contribution >= 0.6 is 11.8 Å². The second-order valence-corrected chi connectivity index (χ2v) is 11.0. The number of amides is 1. The van der Waals surface area contributed by atoms with Gasteiger partial charge in [0, 0.05) is 22.7 Å². The number of nitrogens with one attached hydrogen (secondary N) is 3. The fraction of sp³-hybridized carbons (Fsp3) is 0.188. The fourth-order valence-corrected chi connectivity index (χ4v) is 5.88. The van der Waals surface area contributed by atoms with Gasteiger partial charge in [-0.1, -0.05) is 60.3 Å². The Balaban J connectivity index is 1.27. The van der Waals surface area contributed by atoms with Crippen LogP contribution in [0, 0.1) is 0 Å². The number of aromatic nitrogens is 3. The molecular weight excluding hydrogens is 548 g/mol. The van der Waals surface area contributed by atoms with Crippen LogP contribution in [-0.4, -0.2) is 39.3 Å². The maximum Gasteiger partial charge on any atom is 0.234 e. The summed E-state index contributed by atoms with van der Waals surface area (Å²) in [5, 5.41) is 14.9. The summed E-state index contributed by atoms with van der Waals surface area (Å²) >= 11 is 1.33. The van der Waals surface area contributed by atoms with Gasteiger partial charge >= 0.3 is 0 Å². The number of thioether (sulfide) groups is 1. The summed E-state index contributed by atoms with van der Waals surface area (Å²) in [4.78, 5) is 24.4. The highest BCUT2D eigenvalue weighted by Crippen LogP contribution is 2.35. The zero-order valence-corrected chi connectivity index (χ0v) is 24.0. The van der Waals surface area contributed by atoms with Crippen molar-refractivity contribution in [2.45, 2.75) is 30.6 Å². The molecule has 3 N–H and O–H groups in total. The van der Waals surface area contributed by atoms with Crippen molar-refractivity contribution >= 4 is 39.9 Å². The van der Waals surface area contributed by atoms with E-state index in [1.54, 1.807) is 31.4 Å². The predicted molar refractivity (Wildman–Crippen MR) is 164 cm³/mol. The van der Waals surface area contributed by atoms with Gasteiger partial charge in [0.05, 0.1) is 24.6 Å². The van der Waals surface area contributed by atoms with Gasteiger partial charge in [-0.15, -0.1) is 10.2 Å². The van der Waals surface area contributed by atoms with E-state index in [1.165, 1.54) is 18.7 Å². The van der Waals surface area contributed by atoms with Crippen LogP contribution in [-0.2, 0) is 4.79 Å². The Morgan fingerprint density at radius 2 is 1.67 bits per heavy atom. The summed E-state index contributed by atoms with van der Waals surface area (Å²) in [7, 11) is 1.66. The number of nitrogens with zero attached hydrogens (tertiary/aromatic N) is 3. The molecule has 0 radical (unpaired) electrons. The molecule has 2 unspecified atom stereocenters. The molecule has 9 nitrogen and oxygen atoms in total. The third-order valence-corrected chi connectivity index (χ3v) is 8.24. The number of hydrogen-bond acceptors (Lipinski definition) is 8. The van der Waals surface area contributed by atoms with Crippen LogP contribution in [0.2, 0.25) is 0 Å². The highest BCUT2D eigenvalue weighted by atomic mass is 32.2. The first-order valence-electron chi connectivity index (χ1n) is 13.6. The number of ketones is 1. The fourth-order valence-electron chi connectivity index (χ4n) is 5.13. The standard InChI is InChI=1S/C32H30N6O3S/c1-20(39)21-10-14-24(15-11-21)33-30(40)19-42-32-37-36-31(38(32)29-9-5-7-22-6-3-4-8-26(22)29)28-18-27(34-35-28)23-12-16-25(41-2)17-13-23/h3-17,27-28,34-35H,18-19H2,1-2H3,(H,33,40). The van der Waals surface area contributed by atoms with Crippen molar-refractivity contribution in [2.75, 3.05) is 18.2 Å². The highest BCUT2D eigenvalue weighted by Gasteiger charge is 2.32. The van der Waals surface area contributed by atoms with Gasteiger partial charge in [0.25, 0.3) is 0 Å². The molecule has 4 aromatic carbocycles. The zero-order chi connectivity index (χ0) is 29.1. The van der Waals surface area contributed by atoms with Crippen LogP contribution in [0.3, 0.4) is 0 Å². The largest absolute Gasteiger partial charge is 0.497 e. The maximum atomic E-state index is 12.9. The summed E-state index contributed by atoms with van der Waals surface area (Å²) in [6.45, 7) is 1.51. The van der Waals surface area contributed by atoms with Crippen molar-refractivity contribution in [3.8, 4) is 11.4 Å². The van der Waals surface area contributed by atoms with Crippen LogP contribution in [0.15, 0.2) is 96.2 Å². The topological polar surface area (TPSA) is 110 Å². The van der Waals surface area contributed by atoms with Crippen LogP contribution in [0.4, 0.5) is 5.69 Å². The van der Waals surface area contributed by atoms with Crippen LogP contribution in [0.25, 0.3) is 16.5 Å². The first-order chi connectivity index (χ1) is 20.5. The van der Waals surface area contributed by atoms with Gasteiger partial charge in [0.2, 0.25) is 5.91 Å². The normalized spacial score (nSPS) is 16.4. The van der Waals surface area contributed by atoms with E-state index < -0.39 is 0 Å². The molecule has 1 fully saturated rings. The number of ether oxygens (including phenoxy) is 1. The molecule has 0 bridgehead atoms. The van der Waals surface area contributed by atoms with Crippen LogP contribution in [0.5, 0.6) is 5.75 Å². The molecule has 6 rings (SSSR count). The van der Waals surface area contributed by atoms with E-state index in [-0.39, 0.29) is 29.5 Å². The first kappa shape index (κ1) is 27.6. The lowest BCUT2D eigenvalue weighted by atomic mass is 10.0. The van der Waals surface area contributed by atoms with E-state index >= 15 is 0 Å². The number of hydrogen-bond donors (Lipinski definition) is 3. The van der Waals surface area contributed by atoms with Crippen molar-refractivity contribution in [1.29, 1.82) is 0 Å². The number of rotatable bonds is 9. The van der Waals surface area contributed by atoms with Gasteiger partial charge < -0.3 is 10.1 Å². The van der Waals surface area contributed by atoms with Crippen molar-refractivity contribution in [3.63, 3.8) is 0 Å². The SMILES string of the molecule is COc1ccc(C2CC(c3nnc(SCC(=O)Nc4ccc(C(C)=O)cc4)n3-c3cccc4ccccc34)NN2)cc1. The van der Waals surface area contributed by atoms with Gasteiger partial charge in [-0.2, -0.15) is 0 Å². The molecule has 0 spiro atoms. The number of methoxy groups -OCH3 is 1. The lowest BCUT2D eigenvalue weighted by molar-refractivity contribution is -0.113. The Bertz CT molecular complexity index is 1730. The molecule has 10 heteroatoms. The molecule has 2 atom stereocenters. The molecule has 1 saturated heterocycles. The van der Waals surface area contributed by atoms with Crippen molar-refractivity contribution in [3.05, 3.63) is 108 Å². The van der Waals surface area contributed by atoms with E-state index in [4.69, 9.17) is 4.74 Å². The average Bonchev–Trinajstić information content (AvgIpc) is 3.68. The number of fused-ring (bicyclic) bond motifs is 1. The molecule has 212 valence electrons. The quantitative estimate of drug-likeness (QED) is 0.152. The smallest absolute Gasteiger partial charge is 0.234 e. The monoisotopic (exact) mass is 578 g/mol. The predicted octanol–water partition coefficient (Wildman–Crippen LogP) is 5.64. The third-order valence-electron chi connectivity index (χ3n) is 7.31. The Kier molecular flexibility index (Phi) is 8.00. The van der Waals surface area contributed by atoms with E-state index in [2.05, 4.69) is 67.3 Å². The third kappa shape index (κ3) is 5.78. The molecule has 0 aliphatic carbocycles. The van der Waals surface area contributed by atoms with E-state index in [0.717, 1.165) is 40.0 Å². The minimum absolute atomic E-state index is 0.0192. The molecular formula is C32H30N6O3S. The Morgan fingerprint density at radius 3 is 2.43 bits per heavy atom. The molecule has 1 aromatic heterocycles. The van der Waals surface area contributed by atoms with Gasteiger partial charge in [-0.3, -0.25) is 14.2 Å². The van der Waals surface area contributed by atoms with E-state index in [9.17, 15) is 9.59 Å². The van der Waals surface area contributed by atoms with Crippen molar-refractivity contribution < 1.29 is 14.3 Å². The van der Waals surface area contributed by atoms with Crippen LogP contribution < -0.4 is 20.9 Å². The average molecular weight is 579 g/mol. The second kappa shape index (κ2) is 12.2. The Labute approximate surface area is 247 Å². The summed E-state index contributed by atoms with van der Waals surface area (Å²) < 4.78 is 7.36. The molecule has 1 aliphatic rings. The van der Waals surface area contributed by atoms with E-state index in [0.29, 0.717) is 16.4 Å². The minimum atomic E-state index is -0.176. The number of carbonyl (C=O) groups is 2. The molecule has 0 saturated carbocycles. The van der Waals surface area contributed by atoms with Gasteiger partial charge in [0.1, 0.15) is 5.75 Å². The zero-order valence-electron chi connectivity index (χ0n) is 23.2. The summed E-state index contributed by atoms with van der Waals surface area (Å²) in [6.07, 6.45) is 0.761. The second-order valence-electron chi connectivity index (χ2n) is 10.0. The summed E-state index contributed by atoms with van der Waals surface area (Å²) in [5.41, 5.74) is 10.1. The molecule has 5 aromatic rings. The number of hydrazine groups is 1. The Morgan fingerprint density at radius 1 is 0.929 bits per heavy atom. The highest BCUT2D eigenvalue weighted by molar-refractivity contribution is 7.99. The molecule has 42 heavy (non-hydrogen) atoms. The van der Waals surface area contributed by atoms with Crippen molar-refractivity contribution in [1.82, 2.24) is 25.6 Å². The lowest BCUT2D eigenvalue weighted by Crippen LogP contribution is -2.28. The first-order valence-corrected chi connectivity index (χ1v) is 14.6. The number of benzene rings is 4. The minimum Gasteiger partial charge on any atom is -0.497 e. The number of anilines is 1. The van der Waals surface area contributed by atoms with Gasteiger partial charge in [0.15, 0.2) is 16.8 Å². The molecule has 2 heterocycles. The summed E-state index contributed by atoms with van der Waals surface area (Å²) in [6, 6.07) is 29.2. The lowest BCUT2D eigenvalue weighted by Gasteiger charge is -2.16. The number of carbonyl (C=O) groups excluding carboxylic acids is 2. The number of Topliss-reactive ketones (excluding diaryl/α,β-unsaturated/α-hetero) is 1.